The Bertz CT molecular complexity index is 580. The smallest absolute Gasteiger partial charge is 0.258 e. The molecular weight excluding hydrogens is 378 g/mol. The molecule has 2 amide bonds. The van der Waals surface area contributed by atoms with Gasteiger partial charge < -0.3 is 24.8 Å². The van der Waals surface area contributed by atoms with Crippen molar-refractivity contribution in [3.05, 3.63) is 29.8 Å². The first-order valence-corrected chi connectivity index (χ1v) is 9.73. The normalized spacial score (nSPS) is 10.8. The van der Waals surface area contributed by atoms with Gasteiger partial charge in [0.05, 0.1) is 33.0 Å². The molecule has 0 unspecified atom stereocenters. The molecule has 0 saturated carbocycles. The summed E-state index contributed by atoms with van der Waals surface area (Å²) in [6.45, 7) is 6.93. The molecular formula is C20H33N3O6. The van der Waals surface area contributed by atoms with E-state index in [0.717, 1.165) is 5.56 Å². The van der Waals surface area contributed by atoms with Crippen molar-refractivity contribution in [3.63, 3.8) is 0 Å². The third-order valence-corrected chi connectivity index (χ3v) is 3.66. The van der Waals surface area contributed by atoms with E-state index in [9.17, 15) is 9.59 Å². The molecule has 0 radical (unpaired) electrons. The Kier molecular flexibility index (Phi) is 13.4. The number of hydrogen-bond donors (Lipinski definition) is 3. The van der Waals surface area contributed by atoms with Gasteiger partial charge in [-0.15, -0.1) is 0 Å². The standard InChI is InChI=1S/C20H33N3O6/c1-16(2)13-23-19(24)7-9-26-11-12-27-10-8-22-20(25)15-28-18-5-3-17(4-6-18)14-29-21/h3-6,16H,7-15,21H2,1-2H3,(H,22,25)(H,23,24). The van der Waals surface area contributed by atoms with E-state index >= 15 is 0 Å². The summed E-state index contributed by atoms with van der Waals surface area (Å²) in [6.07, 6.45) is 0.340. The molecule has 0 aliphatic heterocycles. The average Bonchev–Trinajstić information content (AvgIpc) is 2.70. The molecule has 164 valence electrons. The maximum atomic E-state index is 11.7. The molecule has 0 fully saturated rings. The van der Waals surface area contributed by atoms with Crippen molar-refractivity contribution in [2.75, 3.05) is 46.1 Å². The summed E-state index contributed by atoms with van der Waals surface area (Å²) in [5, 5.41) is 5.53. The minimum atomic E-state index is -0.230. The van der Waals surface area contributed by atoms with Gasteiger partial charge in [0.1, 0.15) is 5.75 Å². The van der Waals surface area contributed by atoms with Crippen LogP contribution in [0.5, 0.6) is 5.75 Å². The molecule has 0 bridgehead atoms. The fourth-order valence-electron chi connectivity index (χ4n) is 2.13. The fraction of sp³-hybridized carbons (Fsp3) is 0.600. The van der Waals surface area contributed by atoms with Crippen LogP contribution in [0.2, 0.25) is 0 Å². The highest BCUT2D eigenvalue weighted by molar-refractivity contribution is 5.77. The molecule has 0 aliphatic rings. The molecule has 4 N–H and O–H groups in total. The minimum Gasteiger partial charge on any atom is -0.484 e. The van der Waals surface area contributed by atoms with Gasteiger partial charge >= 0.3 is 0 Å². The fourth-order valence-corrected chi connectivity index (χ4v) is 2.13. The van der Waals surface area contributed by atoms with Crippen LogP contribution < -0.4 is 21.3 Å². The van der Waals surface area contributed by atoms with Crippen LogP contribution in [0, 0.1) is 5.92 Å². The topological polar surface area (TPSA) is 121 Å². The van der Waals surface area contributed by atoms with Gasteiger partial charge in [-0.3, -0.25) is 14.4 Å². The molecule has 0 heterocycles. The lowest BCUT2D eigenvalue weighted by Gasteiger charge is -2.09. The van der Waals surface area contributed by atoms with E-state index in [1.165, 1.54) is 0 Å². The van der Waals surface area contributed by atoms with Crippen molar-refractivity contribution in [1.29, 1.82) is 0 Å². The van der Waals surface area contributed by atoms with Crippen LogP contribution in [0.3, 0.4) is 0 Å². The molecule has 1 aromatic carbocycles. The number of hydrogen-bond acceptors (Lipinski definition) is 7. The second-order valence-electron chi connectivity index (χ2n) is 6.77. The van der Waals surface area contributed by atoms with E-state index < -0.39 is 0 Å². The molecule has 0 aliphatic carbocycles. The Morgan fingerprint density at radius 2 is 1.66 bits per heavy atom. The number of rotatable bonds is 16. The second kappa shape index (κ2) is 15.7. The maximum absolute atomic E-state index is 11.7. The van der Waals surface area contributed by atoms with Crippen LogP contribution in [0.15, 0.2) is 24.3 Å². The number of carbonyl (C=O) groups is 2. The first-order valence-electron chi connectivity index (χ1n) is 9.73. The summed E-state index contributed by atoms with van der Waals surface area (Å²) in [5.41, 5.74) is 0.917. The summed E-state index contributed by atoms with van der Waals surface area (Å²) >= 11 is 0. The SMILES string of the molecule is CC(C)CNC(=O)CCOCCOCCNC(=O)COc1ccc(CON)cc1. The van der Waals surface area contributed by atoms with Gasteiger partial charge in [-0.1, -0.05) is 26.0 Å². The predicted octanol–water partition coefficient (Wildman–Crippen LogP) is 0.767. The van der Waals surface area contributed by atoms with Crippen LogP contribution in [-0.2, 0) is 30.5 Å². The molecule has 9 heteroatoms. The molecule has 9 nitrogen and oxygen atoms in total. The molecule has 0 saturated heterocycles. The summed E-state index contributed by atoms with van der Waals surface area (Å²) < 4.78 is 16.1. The molecule has 29 heavy (non-hydrogen) atoms. The second-order valence-corrected chi connectivity index (χ2v) is 6.77. The number of amides is 2. The van der Waals surface area contributed by atoms with Crippen LogP contribution in [0.25, 0.3) is 0 Å². The van der Waals surface area contributed by atoms with E-state index in [2.05, 4.69) is 15.5 Å². The predicted molar refractivity (Wildman–Crippen MR) is 108 cm³/mol. The summed E-state index contributed by atoms with van der Waals surface area (Å²) in [4.78, 5) is 27.8. The third-order valence-electron chi connectivity index (χ3n) is 3.66. The highest BCUT2D eigenvalue weighted by Gasteiger charge is 2.04. The average molecular weight is 411 g/mol. The highest BCUT2D eigenvalue weighted by Crippen LogP contribution is 2.12. The first-order chi connectivity index (χ1) is 14.0. The van der Waals surface area contributed by atoms with Gasteiger partial charge in [0.2, 0.25) is 5.91 Å². The number of nitrogens with one attached hydrogen (secondary N) is 2. The summed E-state index contributed by atoms with van der Waals surface area (Å²) in [6, 6.07) is 7.12. The van der Waals surface area contributed by atoms with E-state index in [1.54, 1.807) is 12.1 Å². The number of benzene rings is 1. The summed E-state index contributed by atoms with van der Waals surface area (Å²) in [5.74, 6) is 5.79. The number of ether oxygens (including phenoxy) is 3. The lowest BCUT2D eigenvalue weighted by atomic mass is 10.2. The maximum Gasteiger partial charge on any atom is 0.258 e. The monoisotopic (exact) mass is 411 g/mol. The number of carbonyl (C=O) groups excluding carboxylic acids is 2. The van der Waals surface area contributed by atoms with Crippen molar-refractivity contribution in [2.45, 2.75) is 26.9 Å². The molecule has 0 aromatic heterocycles. The van der Waals surface area contributed by atoms with Crippen LogP contribution in [0.1, 0.15) is 25.8 Å². The quantitative estimate of drug-likeness (QED) is 0.271. The zero-order chi connectivity index (χ0) is 21.3. The zero-order valence-electron chi connectivity index (χ0n) is 17.3. The molecule has 0 atom stereocenters. The van der Waals surface area contributed by atoms with Crippen molar-refractivity contribution < 1.29 is 28.6 Å². The highest BCUT2D eigenvalue weighted by atomic mass is 16.6. The van der Waals surface area contributed by atoms with Gasteiger partial charge in [0.25, 0.3) is 5.91 Å². The van der Waals surface area contributed by atoms with Crippen molar-refractivity contribution >= 4 is 11.8 Å². The molecule has 1 aromatic rings. The largest absolute Gasteiger partial charge is 0.484 e. The number of nitrogens with two attached hydrogens (primary N) is 1. The Hall–Kier alpha value is -2.20. The van der Waals surface area contributed by atoms with Gasteiger partial charge in [0.15, 0.2) is 6.61 Å². The van der Waals surface area contributed by atoms with Crippen LogP contribution >= 0.6 is 0 Å². The Morgan fingerprint density at radius 1 is 0.966 bits per heavy atom. The van der Waals surface area contributed by atoms with Gasteiger partial charge in [-0.25, -0.2) is 5.90 Å². The summed E-state index contributed by atoms with van der Waals surface area (Å²) in [7, 11) is 0. The molecule has 1 rings (SSSR count). The third kappa shape index (κ3) is 13.6. The van der Waals surface area contributed by atoms with Gasteiger partial charge in [-0.2, -0.15) is 0 Å². The van der Waals surface area contributed by atoms with Crippen LogP contribution in [-0.4, -0.2) is 57.9 Å². The van der Waals surface area contributed by atoms with Crippen molar-refractivity contribution in [1.82, 2.24) is 10.6 Å². The van der Waals surface area contributed by atoms with E-state index in [4.69, 9.17) is 20.1 Å². The van der Waals surface area contributed by atoms with E-state index in [1.807, 2.05) is 26.0 Å². The van der Waals surface area contributed by atoms with Gasteiger partial charge in [0, 0.05) is 19.5 Å². The Morgan fingerprint density at radius 3 is 2.31 bits per heavy atom. The van der Waals surface area contributed by atoms with Crippen molar-refractivity contribution in [2.24, 2.45) is 11.8 Å². The zero-order valence-corrected chi connectivity index (χ0v) is 17.3. The van der Waals surface area contributed by atoms with E-state index in [0.29, 0.717) is 64.2 Å². The van der Waals surface area contributed by atoms with Gasteiger partial charge in [-0.05, 0) is 23.6 Å². The van der Waals surface area contributed by atoms with E-state index in [-0.39, 0.29) is 18.4 Å². The van der Waals surface area contributed by atoms with Crippen LogP contribution in [0.4, 0.5) is 0 Å². The lowest BCUT2D eigenvalue weighted by Crippen LogP contribution is -2.32. The minimum absolute atomic E-state index is 0.00920. The van der Waals surface area contributed by atoms with Crippen molar-refractivity contribution in [3.8, 4) is 5.75 Å². The Labute approximate surface area is 172 Å². The lowest BCUT2D eigenvalue weighted by molar-refractivity contribution is -0.123. The Balaban J connectivity index is 1.94. The molecule has 0 spiro atoms. The first kappa shape index (κ1) is 24.8.